The van der Waals surface area contributed by atoms with Crippen molar-refractivity contribution < 1.29 is 9.90 Å². The molecule has 0 bridgehead atoms. The van der Waals surface area contributed by atoms with E-state index in [4.69, 9.17) is 5.11 Å². The van der Waals surface area contributed by atoms with Crippen LogP contribution in [0.25, 0.3) is 0 Å². The second-order valence-electron chi connectivity index (χ2n) is 2.04. The van der Waals surface area contributed by atoms with Crippen LogP contribution in [0.5, 0.6) is 0 Å². The maximum atomic E-state index is 10.7. The molecule has 1 aliphatic rings. The average molecular weight is 140 g/mol. The Labute approximate surface area is 58.3 Å². The van der Waals surface area contributed by atoms with Crippen LogP contribution in [-0.2, 0) is 4.79 Å². The van der Waals surface area contributed by atoms with E-state index in [0.717, 1.165) is 0 Å². The number of nitrogens with zero attached hydrogens (tertiary/aromatic N) is 2. The number of aliphatic hydroxyl groups excluding tert-OH is 1. The fourth-order valence-electron chi connectivity index (χ4n) is 0.796. The number of rotatable bonds is 2. The molecule has 4 nitrogen and oxygen atoms in total. The summed E-state index contributed by atoms with van der Waals surface area (Å²) in [6, 6.07) is 0. The summed E-state index contributed by atoms with van der Waals surface area (Å²) in [5.41, 5.74) is 1.15. The lowest BCUT2D eigenvalue weighted by atomic mass is 10.1. The molecule has 54 valence electrons. The number of carbonyl (C=O) groups excluding carboxylic acids is 1. The van der Waals surface area contributed by atoms with Crippen molar-refractivity contribution in [3.63, 3.8) is 0 Å². The van der Waals surface area contributed by atoms with Gasteiger partial charge in [-0.2, -0.15) is 5.11 Å². The number of azo groups is 1. The molecule has 1 heterocycles. The van der Waals surface area contributed by atoms with Crippen molar-refractivity contribution in [3.05, 3.63) is 11.3 Å². The van der Waals surface area contributed by atoms with Crippen molar-refractivity contribution in [2.75, 3.05) is 6.61 Å². The lowest BCUT2D eigenvalue weighted by molar-refractivity contribution is -0.114. The Morgan fingerprint density at radius 2 is 2.20 bits per heavy atom. The summed E-state index contributed by atoms with van der Waals surface area (Å²) in [7, 11) is 0. The normalized spacial score (nSPS) is 17.2. The first-order chi connectivity index (χ1) is 4.75. The maximum absolute atomic E-state index is 10.7. The number of hydrogen-bond acceptors (Lipinski definition) is 3. The molecule has 0 atom stereocenters. The molecule has 0 aromatic carbocycles. The van der Waals surface area contributed by atoms with E-state index in [9.17, 15) is 4.79 Å². The summed E-state index contributed by atoms with van der Waals surface area (Å²) < 4.78 is 0. The minimum absolute atomic E-state index is 0.0244. The fourth-order valence-corrected chi connectivity index (χ4v) is 0.796. The average Bonchev–Trinajstić information content (AvgIpc) is 2.20. The van der Waals surface area contributed by atoms with E-state index in [0.29, 0.717) is 17.7 Å². The zero-order valence-electron chi connectivity index (χ0n) is 5.66. The fraction of sp³-hybridized carbons (Fsp3) is 0.500. The highest BCUT2D eigenvalue weighted by Crippen LogP contribution is 2.17. The van der Waals surface area contributed by atoms with Gasteiger partial charge in [-0.25, -0.2) is 0 Å². The van der Waals surface area contributed by atoms with Crippen LogP contribution in [0.2, 0.25) is 0 Å². The second-order valence-corrected chi connectivity index (χ2v) is 2.04. The van der Waals surface area contributed by atoms with E-state index in [1.54, 1.807) is 6.92 Å². The summed E-state index contributed by atoms with van der Waals surface area (Å²) in [6.07, 6.45) is 0.359. The largest absolute Gasteiger partial charge is 0.396 e. The zero-order chi connectivity index (χ0) is 7.56. The molecule has 0 radical (unpaired) electrons. The van der Waals surface area contributed by atoms with E-state index in [1.165, 1.54) is 0 Å². The van der Waals surface area contributed by atoms with Gasteiger partial charge in [-0.1, -0.05) is 0 Å². The van der Waals surface area contributed by atoms with E-state index in [-0.39, 0.29) is 12.5 Å². The number of amides is 1. The summed E-state index contributed by atoms with van der Waals surface area (Å²) in [4.78, 5) is 10.7. The lowest BCUT2D eigenvalue weighted by Gasteiger charge is -1.93. The Morgan fingerprint density at radius 3 is 2.60 bits per heavy atom. The number of carbonyl (C=O) groups is 1. The topological polar surface area (TPSA) is 62.0 Å². The predicted molar refractivity (Wildman–Crippen MR) is 34.3 cm³/mol. The molecule has 0 unspecified atom stereocenters. The first-order valence-corrected chi connectivity index (χ1v) is 3.02. The van der Waals surface area contributed by atoms with Crippen molar-refractivity contribution in [1.82, 2.24) is 0 Å². The minimum Gasteiger partial charge on any atom is -0.396 e. The smallest absolute Gasteiger partial charge is 0.293 e. The molecule has 0 saturated heterocycles. The van der Waals surface area contributed by atoms with Crippen molar-refractivity contribution in [1.29, 1.82) is 0 Å². The van der Waals surface area contributed by atoms with E-state index in [2.05, 4.69) is 10.2 Å². The van der Waals surface area contributed by atoms with E-state index >= 15 is 0 Å². The van der Waals surface area contributed by atoms with Crippen LogP contribution in [0.3, 0.4) is 0 Å². The van der Waals surface area contributed by atoms with Crippen molar-refractivity contribution in [2.24, 2.45) is 10.2 Å². The lowest BCUT2D eigenvalue weighted by Crippen LogP contribution is -1.98. The SMILES string of the molecule is CC1=C(CCO)C(=O)N=N1. The van der Waals surface area contributed by atoms with Gasteiger partial charge in [0.15, 0.2) is 0 Å². The third-order valence-electron chi connectivity index (χ3n) is 1.35. The van der Waals surface area contributed by atoms with Gasteiger partial charge in [0.05, 0.1) is 5.70 Å². The molecule has 4 heteroatoms. The van der Waals surface area contributed by atoms with E-state index < -0.39 is 0 Å². The molecular formula is C6H8N2O2. The standard InChI is InChI=1S/C6H8N2O2/c1-4-5(2-3-9)6(10)8-7-4/h9H,2-3H2,1H3. The Hall–Kier alpha value is -1.03. The highest BCUT2D eigenvalue weighted by atomic mass is 16.3. The first kappa shape index (κ1) is 7.08. The van der Waals surface area contributed by atoms with Gasteiger partial charge < -0.3 is 5.11 Å². The van der Waals surface area contributed by atoms with Crippen LogP contribution in [0.15, 0.2) is 21.5 Å². The molecule has 0 aromatic heterocycles. The molecule has 1 aliphatic heterocycles. The Bertz CT molecular complexity index is 218. The van der Waals surface area contributed by atoms with Crippen LogP contribution in [0.4, 0.5) is 0 Å². The van der Waals surface area contributed by atoms with Gasteiger partial charge in [-0.3, -0.25) is 4.79 Å². The van der Waals surface area contributed by atoms with Crippen LogP contribution >= 0.6 is 0 Å². The molecule has 0 spiro atoms. The van der Waals surface area contributed by atoms with Gasteiger partial charge in [-0.05, 0) is 6.92 Å². The molecule has 0 aromatic rings. The molecular weight excluding hydrogens is 132 g/mol. The van der Waals surface area contributed by atoms with Gasteiger partial charge in [-0.15, -0.1) is 5.11 Å². The Morgan fingerprint density at radius 1 is 1.50 bits per heavy atom. The molecule has 0 saturated carbocycles. The molecule has 1 rings (SSSR count). The molecule has 0 aliphatic carbocycles. The second kappa shape index (κ2) is 2.70. The number of hydrogen-bond donors (Lipinski definition) is 1. The monoisotopic (exact) mass is 140 g/mol. The molecule has 1 amide bonds. The van der Waals surface area contributed by atoms with Gasteiger partial charge in [0.25, 0.3) is 5.91 Å². The third-order valence-corrected chi connectivity index (χ3v) is 1.35. The van der Waals surface area contributed by atoms with Crippen molar-refractivity contribution in [2.45, 2.75) is 13.3 Å². The molecule has 1 N–H and O–H groups in total. The zero-order valence-corrected chi connectivity index (χ0v) is 5.66. The van der Waals surface area contributed by atoms with Crippen LogP contribution < -0.4 is 0 Å². The quantitative estimate of drug-likeness (QED) is 0.611. The highest BCUT2D eigenvalue weighted by molar-refractivity contribution is 5.96. The Balaban J connectivity index is 2.75. The van der Waals surface area contributed by atoms with Crippen LogP contribution in [0, 0.1) is 0 Å². The summed E-state index contributed by atoms with van der Waals surface area (Å²) in [5, 5.41) is 15.4. The third kappa shape index (κ3) is 1.11. The van der Waals surface area contributed by atoms with Crippen LogP contribution in [0.1, 0.15) is 13.3 Å². The number of aliphatic hydroxyl groups is 1. The van der Waals surface area contributed by atoms with Gasteiger partial charge in [0.1, 0.15) is 0 Å². The predicted octanol–water partition coefficient (Wildman–Crippen LogP) is 0.635. The minimum atomic E-state index is -0.313. The summed E-state index contributed by atoms with van der Waals surface area (Å²) in [5.74, 6) is -0.313. The Kier molecular flexibility index (Phi) is 1.91. The van der Waals surface area contributed by atoms with E-state index in [1.807, 2.05) is 0 Å². The van der Waals surface area contributed by atoms with Crippen molar-refractivity contribution in [3.8, 4) is 0 Å². The summed E-state index contributed by atoms with van der Waals surface area (Å²) in [6.45, 7) is 1.68. The van der Waals surface area contributed by atoms with Crippen LogP contribution in [-0.4, -0.2) is 17.6 Å². The van der Waals surface area contributed by atoms with Gasteiger partial charge >= 0.3 is 0 Å². The molecule has 10 heavy (non-hydrogen) atoms. The first-order valence-electron chi connectivity index (χ1n) is 3.02. The maximum Gasteiger partial charge on any atom is 0.293 e. The van der Waals surface area contributed by atoms with Gasteiger partial charge in [0.2, 0.25) is 0 Å². The highest BCUT2D eigenvalue weighted by Gasteiger charge is 2.16. The van der Waals surface area contributed by atoms with Gasteiger partial charge in [0, 0.05) is 18.6 Å². The summed E-state index contributed by atoms with van der Waals surface area (Å²) >= 11 is 0. The molecule has 0 fully saturated rings. The van der Waals surface area contributed by atoms with Crippen molar-refractivity contribution >= 4 is 5.91 Å². The number of allylic oxidation sites excluding steroid dienone is 1.